The van der Waals surface area contributed by atoms with Crippen molar-refractivity contribution in [3.8, 4) is 0 Å². The van der Waals surface area contributed by atoms with Gasteiger partial charge in [0.15, 0.2) is 0 Å². The lowest BCUT2D eigenvalue weighted by Crippen LogP contribution is -2.32. The van der Waals surface area contributed by atoms with Crippen molar-refractivity contribution in [1.29, 1.82) is 0 Å². The van der Waals surface area contributed by atoms with Crippen LogP contribution in [-0.2, 0) is 0 Å². The topological polar surface area (TPSA) is 12.0 Å². The van der Waals surface area contributed by atoms with Crippen molar-refractivity contribution >= 4 is 0 Å². The van der Waals surface area contributed by atoms with Crippen molar-refractivity contribution in [2.24, 2.45) is 11.8 Å². The van der Waals surface area contributed by atoms with E-state index in [1.807, 2.05) is 0 Å². The highest BCUT2D eigenvalue weighted by atomic mass is 14.9. The molecule has 9 heavy (non-hydrogen) atoms. The predicted molar refractivity (Wildman–Crippen MR) is 38.2 cm³/mol. The van der Waals surface area contributed by atoms with Gasteiger partial charge in [0.05, 0.1) is 0 Å². The van der Waals surface area contributed by atoms with Gasteiger partial charge in [-0.05, 0) is 24.7 Å². The highest BCUT2D eigenvalue weighted by Crippen LogP contribution is 2.36. The quantitative estimate of drug-likeness (QED) is 0.477. The molecule has 1 aliphatic heterocycles. The van der Waals surface area contributed by atoms with E-state index < -0.39 is 0 Å². The molecule has 0 aromatic heterocycles. The van der Waals surface area contributed by atoms with Gasteiger partial charge in [-0.1, -0.05) is 12.2 Å². The highest BCUT2D eigenvalue weighted by Gasteiger charge is 2.31. The van der Waals surface area contributed by atoms with E-state index in [1.165, 1.54) is 31.5 Å². The third-order valence-corrected chi connectivity index (χ3v) is 2.69. The van der Waals surface area contributed by atoms with Gasteiger partial charge in [0, 0.05) is 13.1 Å². The van der Waals surface area contributed by atoms with Gasteiger partial charge < -0.3 is 5.32 Å². The monoisotopic (exact) mass is 123 g/mol. The van der Waals surface area contributed by atoms with Crippen LogP contribution < -0.4 is 5.32 Å². The van der Waals surface area contributed by atoms with Crippen molar-refractivity contribution < 1.29 is 0 Å². The van der Waals surface area contributed by atoms with Crippen LogP contribution in [-0.4, -0.2) is 13.1 Å². The second-order valence-electron chi connectivity index (χ2n) is 3.20. The summed E-state index contributed by atoms with van der Waals surface area (Å²) in [6, 6.07) is 0. The zero-order chi connectivity index (χ0) is 6.27. The lowest BCUT2D eigenvalue weighted by Gasteiger charge is -2.22. The minimum atomic E-state index is 0.823. The molecule has 1 aliphatic carbocycles. The summed E-state index contributed by atoms with van der Waals surface area (Å²) < 4.78 is 0. The average Bonchev–Trinajstić information content (AvgIpc) is 2.19. The molecule has 0 radical (unpaired) electrons. The summed E-state index contributed by atoms with van der Waals surface area (Å²) in [5.74, 6) is 1.65. The molecule has 2 unspecified atom stereocenters. The van der Waals surface area contributed by atoms with Gasteiger partial charge in [-0.3, -0.25) is 0 Å². The first kappa shape index (κ1) is 5.48. The first-order chi connectivity index (χ1) is 4.38. The molecule has 1 saturated carbocycles. The summed E-state index contributed by atoms with van der Waals surface area (Å²) >= 11 is 0. The average molecular weight is 123 g/mol. The molecule has 0 spiro atoms. The Bertz CT molecular complexity index is 122. The van der Waals surface area contributed by atoms with E-state index >= 15 is 0 Å². The number of hydrogen-bond donors (Lipinski definition) is 1. The number of rotatable bonds is 0. The molecule has 1 heteroatoms. The maximum absolute atomic E-state index is 4.10. The molecule has 2 rings (SSSR count). The molecule has 1 heterocycles. The van der Waals surface area contributed by atoms with Crippen molar-refractivity contribution in [1.82, 2.24) is 5.32 Å². The molecule has 1 N–H and O–H groups in total. The number of piperidine rings is 1. The Balaban J connectivity index is 2.19. The number of nitrogens with one attached hydrogen (secondary N) is 1. The van der Waals surface area contributed by atoms with Gasteiger partial charge in [-0.25, -0.2) is 0 Å². The van der Waals surface area contributed by atoms with E-state index in [-0.39, 0.29) is 0 Å². The van der Waals surface area contributed by atoms with Gasteiger partial charge in [0.25, 0.3) is 0 Å². The van der Waals surface area contributed by atoms with Gasteiger partial charge in [0.1, 0.15) is 0 Å². The van der Waals surface area contributed by atoms with E-state index in [0.29, 0.717) is 0 Å². The third kappa shape index (κ3) is 0.715. The Labute approximate surface area is 56.1 Å². The Morgan fingerprint density at radius 1 is 1.22 bits per heavy atom. The first-order valence-corrected chi connectivity index (χ1v) is 3.77. The first-order valence-electron chi connectivity index (χ1n) is 3.77. The summed E-state index contributed by atoms with van der Waals surface area (Å²) in [7, 11) is 0. The van der Waals surface area contributed by atoms with Crippen molar-refractivity contribution in [2.75, 3.05) is 13.1 Å². The molecule has 0 aromatic rings. The Morgan fingerprint density at radius 2 is 1.78 bits per heavy atom. The van der Waals surface area contributed by atoms with E-state index in [9.17, 15) is 0 Å². The van der Waals surface area contributed by atoms with Crippen LogP contribution in [0.5, 0.6) is 0 Å². The summed E-state index contributed by atoms with van der Waals surface area (Å²) in [6.45, 7) is 6.48. The number of hydrogen-bond acceptors (Lipinski definition) is 1. The standard InChI is InChI=1S/C8H13N/c1-6-7-2-3-8(6)5-9-4-7/h7-9H,1-5H2. The zero-order valence-corrected chi connectivity index (χ0v) is 5.69. The molecule has 2 aliphatic rings. The maximum Gasteiger partial charge on any atom is 0.00171 e. The second kappa shape index (κ2) is 1.84. The van der Waals surface area contributed by atoms with E-state index in [0.717, 1.165) is 11.8 Å². The normalized spacial score (nSPS) is 41.6. The SMILES string of the molecule is C=C1C2CCC1CNC2. The van der Waals surface area contributed by atoms with Gasteiger partial charge >= 0.3 is 0 Å². The van der Waals surface area contributed by atoms with Gasteiger partial charge in [0.2, 0.25) is 0 Å². The van der Waals surface area contributed by atoms with Crippen molar-refractivity contribution in [3.05, 3.63) is 12.2 Å². The highest BCUT2D eigenvalue weighted by molar-refractivity contribution is 5.15. The minimum Gasteiger partial charge on any atom is -0.316 e. The fourth-order valence-electron chi connectivity index (χ4n) is 2.00. The fraction of sp³-hybridized carbons (Fsp3) is 0.750. The largest absolute Gasteiger partial charge is 0.316 e. The fourth-order valence-corrected chi connectivity index (χ4v) is 2.00. The Hall–Kier alpha value is -0.300. The zero-order valence-electron chi connectivity index (χ0n) is 5.69. The number of fused-ring (bicyclic) bond motifs is 2. The molecule has 2 bridgehead atoms. The third-order valence-electron chi connectivity index (χ3n) is 2.69. The molecular weight excluding hydrogens is 110 g/mol. The predicted octanol–water partition coefficient (Wildman–Crippen LogP) is 1.17. The maximum atomic E-state index is 4.10. The van der Waals surface area contributed by atoms with Crippen LogP contribution in [0.2, 0.25) is 0 Å². The lowest BCUT2D eigenvalue weighted by atomic mass is 9.95. The molecule has 2 atom stereocenters. The van der Waals surface area contributed by atoms with Crippen LogP contribution in [0.25, 0.3) is 0 Å². The van der Waals surface area contributed by atoms with Crippen LogP contribution in [0, 0.1) is 11.8 Å². The van der Waals surface area contributed by atoms with Crippen LogP contribution >= 0.6 is 0 Å². The smallest absolute Gasteiger partial charge is 0.00171 e. The van der Waals surface area contributed by atoms with Crippen LogP contribution in [0.4, 0.5) is 0 Å². The van der Waals surface area contributed by atoms with Gasteiger partial charge in [-0.15, -0.1) is 0 Å². The molecule has 0 amide bonds. The molecule has 1 saturated heterocycles. The molecular formula is C8H13N. The van der Waals surface area contributed by atoms with Crippen LogP contribution in [0.1, 0.15) is 12.8 Å². The summed E-state index contributed by atoms with van der Waals surface area (Å²) in [5, 5.41) is 3.42. The molecule has 1 nitrogen and oxygen atoms in total. The molecule has 50 valence electrons. The Kier molecular flexibility index (Phi) is 1.12. The summed E-state index contributed by atoms with van der Waals surface area (Å²) in [4.78, 5) is 0. The summed E-state index contributed by atoms with van der Waals surface area (Å²) in [6.07, 6.45) is 2.77. The Morgan fingerprint density at radius 3 is 2.22 bits per heavy atom. The second-order valence-corrected chi connectivity index (χ2v) is 3.20. The van der Waals surface area contributed by atoms with E-state index in [2.05, 4.69) is 11.9 Å². The summed E-state index contributed by atoms with van der Waals surface area (Å²) in [5.41, 5.74) is 1.52. The van der Waals surface area contributed by atoms with E-state index in [4.69, 9.17) is 0 Å². The van der Waals surface area contributed by atoms with Crippen molar-refractivity contribution in [2.45, 2.75) is 12.8 Å². The van der Waals surface area contributed by atoms with Gasteiger partial charge in [-0.2, -0.15) is 0 Å². The lowest BCUT2D eigenvalue weighted by molar-refractivity contribution is 0.484. The molecule has 0 aromatic carbocycles. The van der Waals surface area contributed by atoms with Crippen LogP contribution in [0.3, 0.4) is 0 Å². The van der Waals surface area contributed by atoms with Crippen molar-refractivity contribution in [3.63, 3.8) is 0 Å². The minimum absolute atomic E-state index is 0.823. The van der Waals surface area contributed by atoms with Crippen LogP contribution in [0.15, 0.2) is 12.2 Å². The molecule has 2 fully saturated rings. The van der Waals surface area contributed by atoms with E-state index in [1.54, 1.807) is 0 Å².